The molecule has 0 fully saturated rings. The van der Waals surface area contributed by atoms with Gasteiger partial charge in [0.15, 0.2) is 0 Å². The number of carboxylic acid groups (broad SMARTS) is 5. The molecule has 0 radical (unpaired) electrons. The zero-order valence-corrected chi connectivity index (χ0v) is 97.4. The van der Waals surface area contributed by atoms with Gasteiger partial charge in [0.25, 0.3) is 0 Å². The fourth-order valence-electron chi connectivity index (χ4n) is 21.0. The van der Waals surface area contributed by atoms with Gasteiger partial charge in [-0.15, -0.1) is 0 Å². The third-order valence-electron chi connectivity index (χ3n) is 30.9. The standard InChI is InChI=1S/C124H235N5O19/c1-9-15-21-27-33-39-45-51-57-65-73-81-89-110(90-82-74-66-58-52-46-40-34-28-22-16-10-2)120(141)145-106-124(107-146-121(142)111(91-83-75-67-59-53-47-41-35-29-23-17-11-3)92-84-76-68-60-54-48-42-36-30-24-18-12-4,108-147-122(143)112(93-85-77-69-61-55-49-43-37-31-25-19-13-5)94-86-78-70-62-56-50-44-38-32-26-20-14-6)109-148-123(144)126(8)96-88-80-72-64-63-71-79-87-95-125(7)114(130)101-113(119(139)140)129(99-97-127(102-115(131)132)103-116(133)134)100-98-128(104-117(135)136)105-118(137)138/h110-113H,9-109H2,1-8H3,(H,131,132)(H,133,134)(H,135,136)(H,137,138)(H,139,140). The van der Waals surface area contributed by atoms with Crippen LogP contribution in [0, 0.1) is 23.2 Å². The topological polar surface area (TPSA) is 325 Å². The van der Waals surface area contributed by atoms with E-state index in [1.807, 2.05) is 0 Å². The number of esters is 3. The molecule has 24 nitrogen and oxygen atoms in total. The van der Waals surface area contributed by atoms with E-state index < -0.39 is 85.9 Å². The molecule has 0 aliphatic carbocycles. The molecule has 0 aromatic carbocycles. The molecule has 0 rings (SSSR count). The predicted octanol–water partition coefficient (Wildman–Crippen LogP) is 32.7. The van der Waals surface area contributed by atoms with Gasteiger partial charge in [0, 0.05) is 53.4 Å². The van der Waals surface area contributed by atoms with Crippen LogP contribution in [0.15, 0.2) is 0 Å². The summed E-state index contributed by atoms with van der Waals surface area (Å²) in [4.78, 5) is 141. The third-order valence-corrected chi connectivity index (χ3v) is 30.9. The lowest BCUT2D eigenvalue weighted by Crippen LogP contribution is -2.51. The maximum Gasteiger partial charge on any atom is 0.409 e. The van der Waals surface area contributed by atoms with Crippen molar-refractivity contribution >= 4 is 59.8 Å². The van der Waals surface area contributed by atoms with E-state index in [1.165, 1.54) is 357 Å². The zero-order valence-electron chi connectivity index (χ0n) is 97.4. The maximum absolute atomic E-state index is 15.4. The summed E-state index contributed by atoms with van der Waals surface area (Å²) in [5.41, 5.74) is -1.44. The molecule has 0 saturated heterocycles. The Bertz CT molecular complexity index is 2750. The molecular formula is C124H235N5O19. The maximum atomic E-state index is 15.4. The van der Waals surface area contributed by atoms with E-state index in [4.69, 9.17) is 18.9 Å². The minimum absolute atomic E-state index is 0.228. The minimum Gasteiger partial charge on any atom is -0.480 e. The average Bonchev–Trinajstić information content (AvgIpc) is 0.833. The van der Waals surface area contributed by atoms with Gasteiger partial charge in [0.05, 0.1) is 50.4 Å². The second-order valence-corrected chi connectivity index (χ2v) is 45.2. The second-order valence-electron chi connectivity index (χ2n) is 45.2. The minimum atomic E-state index is -1.50. The zero-order chi connectivity index (χ0) is 109. The summed E-state index contributed by atoms with van der Waals surface area (Å²) in [6.45, 7) is 9.63. The Morgan fingerprint density at radius 2 is 0.392 bits per heavy atom. The highest BCUT2D eigenvalue weighted by atomic mass is 16.6. The number of ether oxygens (including phenoxy) is 4. The molecular weight excluding hydrogens is 1860 g/mol. The highest BCUT2D eigenvalue weighted by Gasteiger charge is 2.41. The van der Waals surface area contributed by atoms with Gasteiger partial charge in [-0.2, -0.15) is 0 Å². The number of carbonyl (C=O) groups is 10. The van der Waals surface area contributed by atoms with Gasteiger partial charge in [-0.1, -0.05) is 542 Å². The monoisotopic (exact) mass is 2100 g/mol. The van der Waals surface area contributed by atoms with Gasteiger partial charge in [-0.25, -0.2) is 4.79 Å². The molecule has 2 amide bonds. The fraction of sp³-hybridized carbons (Fsp3) is 0.919. The summed E-state index contributed by atoms with van der Waals surface area (Å²) >= 11 is 0. The molecule has 0 aromatic heterocycles. The van der Waals surface area contributed by atoms with E-state index in [-0.39, 0.29) is 88.3 Å². The van der Waals surface area contributed by atoms with Gasteiger partial charge in [-0.05, 0) is 51.4 Å². The summed E-state index contributed by atoms with van der Waals surface area (Å²) in [7, 11) is 3.31. The van der Waals surface area contributed by atoms with Crippen LogP contribution in [0.25, 0.3) is 0 Å². The Hall–Kier alpha value is -5.62. The van der Waals surface area contributed by atoms with Crippen molar-refractivity contribution in [1.82, 2.24) is 24.5 Å². The SMILES string of the molecule is CCCCCCCCCCCCCCC(CCCCCCCCCCCCCC)C(=O)OCC(COC(=O)C(CCCCCCCCCCCCCC)CCCCCCCCCCCCCC)(COC(=O)C(CCCCCCCCCCCCCC)CCCCCCCCCCCCCC)COC(=O)N(C)CCCCCCCCCCN(C)C(=O)CC(C(=O)O)N(CCN(CC(=O)O)CC(=O)O)CCN(CC(=O)O)CC(=O)O. The van der Waals surface area contributed by atoms with E-state index in [0.29, 0.717) is 64.5 Å². The molecule has 0 saturated carbocycles. The normalized spacial score (nSPS) is 12.0. The van der Waals surface area contributed by atoms with E-state index in [1.54, 1.807) is 19.0 Å². The quantitative estimate of drug-likeness (QED) is 0.0215. The first-order chi connectivity index (χ1) is 71.9. The smallest absolute Gasteiger partial charge is 0.409 e. The molecule has 0 aliphatic heterocycles. The number of carbonyl (C=O) groups excluding carboxylic acids is 5. The highest BCUT2D eigenvalue weighted by Crippen LogP contribution is 2.32. The van der Waals surface area contributed by atoms with Crippen molar-refractivity contribution in [3.05, 3.63) is 0 Å². The molecule has 1 atom stereocenters. The van der Waals surface area contributed by atoms with E-state index in [9.17, 15) is 59.1 Å². The summed E-state index contributed by atoms with van der Waals surface area (Å²) < 4.78 is 26.9. The first-order valence-corrected chi connectivity index (χ1v) is 62.8. The van der Waals surface area contributed by atoms with Crippen LogP contribution < -0.4 is 0 Å². The second kappa shape index (κ2) is 106. The molecule has 5 N–H and O–H groups in total. The lowest BCUT2D eigenvalue weighted by molar-refractivity contribution is -0.171. The number of amides is 2. The molecule has 1 unspecified atom stereocenters. The lowest BCUT2D eigenvalue weighted by atomic mass is 9.90. The Morgan fingerprint density at radius 3 is 0.581 bits per heavy atom. The van der Waals surface area contributed by atoms with Gasteiger partial charge >= 0.3 is 53.8 Å². The van der Waals surface area contributed by atoms with Crippen molar-refractivity contribution in [2.24, 2.45) is 23.2 Å². The van der Waals surface area contributed by atoms with Crippen LogP contribution >= 0.6 is 0 Å². The number of rotatable bonds is 118. The van der Waals surface area contributed by atoms with Crippen molar-refractivity contribution in [2.45, 2.75) is 606 Å². The van der Waals surface area contributed by atoms with Crippen LogP contribution in [0.5, 0.6) is 0 Å². The van der Waals surface area contributed by atoms with Crippen molar-refractivity contribution in [3.8, 4) is 0 Å². The molecule has 870 valence electrons. The van der Waals surface area contributed by atoms with Gasteiger partial charge < -0.3 is 54.3 Å². The molecule has 148 heavy (non-hydrogen) atoms. The van der Waals surface area contributed by atoms with Crippen molar-refractivity contribution in [3.63, 3.8) is 0 Å². The van der Waals surface area contributed by atoms with Crippen LogP contribution in [0.1, 0.15) is 600 Å². The molecule has 0 spiro atoms. The number of nitrogens with zero attached hydrogens (tertiary/aromatic N) is 5. The van der Waals surface area contributed by atoms with Crippen LogP contribution in [0.2, 0.25) is 0 Å². The first-order valence-electron chi connectivity index (χ1n) is 62.8. The Labute approximate surface area is 906 Å². The van der Waals surface area contributed by atoms with Gasteiger partial charge in [0.2, 0.25) is 5.91 Å². The summed E-state index contributed by atoms with van der Waals surface area (Å²) in [6, 6.07) is -1.50. The van der Waals surface area contributed by atoms with Crippen LogP contribution in [0.3, 0.4) is 0 Å². The fourth-order valence-corrected chi connectivity index (χ4v) is 21.0. The summed E-state index contributed by atoms with van der Waals surface area (Å²) in [5, 5.41) is 48.5. The lowest BCUT2D eigenvalue weighted by Gasteiger charge is -2.33. The van der Waals surface area contributed by atoms with Crippen molar-refractivity contribution in [2.75, 3.05) is 106 Å². The van der Waals surface area contributed by atoms with Gasteiger partial charge in [-0.3, -0.25) is 57.9 Å². The third kappa shape index (κ3) is 90.7. The van der Waals surface area contributed by atoms with Gasteiger partial charge in [0.1, 0.15) is 37.9 Å². The number of hydrogen-bond donors (Lipinski definition) is 5. The van der Waals surface area contributed by atoms with Crippen molar-refractivity contribution < 1.29 is 92.4 Å². The Balaban J connectivity index is 7.71. The van der Waals surface area contributed by atoms with E-state index in [2.05, 4.69) is 41.5 Å². The molecule has 0 aliphatic rings. The average molecular weight is 2100 g/mol. The summed E-state index contributed by atoms with van der Waals surface area (Å²) in [5.74, 6) is -9.09. The summed E-state index contributed by atoms with van der Waals surface area (Å²) in [6.07, 6.45) is 97.4. The number of aliphatic carboxylic acids is 5. The van der Waals surface area contributed by atoms with Crippen LogP contribution in [-0.2, 0) is 62.1 Å². The predicted molar refractivity (Wildman–Crippen MR) is 610 cm³/mol. The molecule has 0 heterocycles. The number of hydrogen-bond acceptors (Lipinski definition) is 17. The highest BCUT2D eigenvalue weighted by molar-refractivity contribution is 5.84. The van der Waals surface area contributed by atoms with Crippen LogP contribution in [-0.4, -0.2) is 222 Å². The molecule has 0 bridgehead atoms. The molecule has 0 aromatic rings. The van der Waals surface area contributed by atoms with E-state index in [0.717, 1.165) is 164 Å². The van der Waals surface area contributed by atoms with Crippen LogP contribution in [0.4, 0.5) is 4.79 Å². The first kappa shape index (κ1) is 142. The largest absolute Gasteiger partial charge is 0.480 e. The number of carboxylic acids is 5. The molecule has 24 heteroatoms. The van der Waals surface area contributed by atoms with Crippen molar-refractivity contribution in [1.29, 1.82) is 0 Å². The Kier molecular flexibility index (Phi) is 102. The Morgan fingerprint density at radius 1 is 0.216 bits per heavy atom. The number of unbranched alkanes of at least 4 members (excludes halogenated alkanes) is 73. The van der Waals surface area contributed by atoms with E-state index >= 15 is 14.4 Å².